The van der Waals surface area contributed by atoms with E-state index in [9.17, 15) is 18.0 Å². The van der Waals surface area contributed by atoms with Crippen LogP contribution in [0.4, 0.5) is 18.9 Å². The Bertz CT molecular complexity index is 439. The lowest BCUT2D eigenvalue weighted by molar-refractivity contribution is -0.137. The largest absolute Gasteiger partial charge is 0.416 e. The minimum Gasteiger partial charge on any atom is -0.399 e. The zero-order valence-electron chi connectivity index (χ0n) is 10.2. The van der Waals surface area contributed by atoms with Crippen LogP contribution in [0, 0.1) is 0 Å². The molecule has 100 valence electrons. The summed E-state index contributed by atoms with van der Waals surface area (Å²) in [6.45, 7) is 4.40. The van der Waals surface area contributed by atoms with Crippen LogP contribution in [-0.4, -0.2) is 23.9 Å². The van der Waals surface area contributed by atoms with Crippen molar-refractivity contribution in [2.45, 2.75) is 20.0 Å². The first-order valence-corrected chi connectivity index (χ1v) is 5.56. The molecule has 0 aliphatic rings. The van der Waals surface area contributed by atoms with Crippen LogP contribution in [0.3, 0.4) is 0 Å². The summed E-state index contributed by atoms with van der Waals surface area (Å²) in [4.78, 5) is 13.4. The van der Waals surface area contributed by atoms with Gasteiger partial charge in [0, 0.05) is 24.3 Å². The standard InChI is InChI=1S/C12H15F3N2O/c1-3-17(4-2)11(18)8-5-9(12(13,14)15)7-10(16)6-8/h5-7H,3-4,16H2,1-2H3. The number of nitrogens with two attached hydrogens (primary N) is 1. The Balaban J connectivity index is 3.18. The summed E-state index contributed by atoms with van der Waals surface area (Å²) < 4.78 is 37.8. The number of nitrogens with zero attached hydrogens (tertiary/aromatic N) is 1. The molecule has 3 nitrogen and oxygen atoms in total. The van der Waals surface area contributed by atoms with Gasteiger partial charge in [0.05, 0.1) is 5.56 Å². The van der Waals surface area contributed by atoms with Crippen molar-refractivity contribution in [3.05, 3.63) is 29.3 Å². The van der Waals surface area contributed by atoms with Crippen molar-refractivity contribution in [2.24, 2.45) is 0 Å². The Morgan fingerprint density at radius 1 is 1.22 bits per heavy atom. The first-order chi connectivity index (χ1) is 8.29. The molecule has 0 spiro atoms. The maximum Gasteiger partial charge on any atom is 0.416 e. The lowest BCUT2D eigenvalue weighted by Crippen LogP contribution is -2.30. The Labute approximate surface area is 103 Å². The van der Waals surface area contributed by atoms with Crippen LogP contribution < -0.4 is 5.73 Å². The maximum atomic E-state index is 12.6. The molecule has 1 aromatic rings. The van der Waals surface area contributed by atoms with Gasteiger partial charge >= 0.3 is 6.18 Å². The molecular formula is C12H15F3N2O. The number of amides is 1. The molecule has 0 saturated heterocycles. The summed E-state index contributed by atoms with van der Waals surface area (Å²) in [6, 6.07) is 2.91. The molecule has 18 heavy (non-hydrogen) atoms. The van der Waals surface area contributed by atoms with Crippen molar-refractivity contribution in [2.75, 3.05) is 18.8 Å². The Morgan fingerprint density at radius 2 is 1.78 bits per heavy atom. The van der Waals surface area contributed by atoms with Crippen LogP contribution in [0.15, 0.2) is 18.2 Å². The van der Waals surface area contributed by atoms with Crippen molar-refractivity contribution < 1.29 is 18.0 Å². The van der Waals surface area contributed by atoms with Gasteiger partial charge in [0.2, 0.25) is 0 Å². The van der Waals surface area contributed by atoms with Crippen molar-refractivity contribution in [1.29, 1.82) is 0 Å². The normalized spacial score (nSPS) is 11.4. The number of hydrogen-bond acceptors (Lipinski definition) is 2. The second kappa shape index (κ2) is 5.29. The molecule has 0 unspecified atom stereocenters. The maximum absolute atomic E-state index is 12.6. The summed E-state index contributed by atoms with van der Waals surface area (Å²) >= 11 is 0. The molecular weight excluding hydrogens is 245 g/mol. The molecule has 1 aromatic carbocycles. The van der Waals surface area contributed by atoms with E-state index in [0.29, 0.717) is 13.1 Å². The van der Waals surface area contributed by atoms with Gasteiger partial charge in [-0.05, 0) is 32.0 Å². The Hall–Kier alpha value is -1.72. The highest BCUT2D eigenvalue weighted by Crippen LogP contribution is 2.31. The van der Waals surface area contributed by atoms with Crippen molar-refractivity contribution in [3.8, 4) is 0 Å². The fraction of sp³-hybridized carbons (Fsp3) is 0.417. The number of nitrogen functional groups attached to an aromatic ring is 1. The summed E-state index contributed by atoms with van der Waals surface area (Å²) in [5.74, 6) is -0.446. The molecule has 0 bridgehead atoms. The molecule has 0 fully saturated rings. The van der Waals surface area contributed by atoms with Crippen molar-refractivity contribution >= 4 is 11.6 Å². The SMILES string of the molecule is CCN(CC)C(=O)c1cc(N)cc(C(F)(F)F)c1. The third-order valence-corrected chi connectivity index (χ3v) is 2.58. The van der Waals surface area contributed by atoms with Gasteiger partial charge in [-0.25, -0.2) is 0 Å². The predicted molar refractivity (Wildman–Crippen MR) is 63.1 cm³/mol. The Kier molecular flexibility index (Phi) is 4.21. The molecule has 6 heteroatoms. The van der Waals surface area contributed by atoms with Crippen LogP contribution >= 0.6 is 0 Å². The highest BCUT2D eigenvalue weighted by Gasteiger charge is 2.31. The highest BCUT2D eigenvalue weighted by atomic mass is 19.4. The predicted octanol–water partition coefficient (Wildman–Crippen LogP) is 2.77. The molecule has 0 aliphatic heterocycles. The van der Waals surface area contributed by atoms with Crippen molar-refractivity contribution in [1.82, 2.24) is 4.90 Å². The molecule has 1 rings (SSSR count). The van der Waals surface area contributed by atoms with E-state index in [1.165, 1.54) is 11.0 Å². The van der Waals surface area contributed by atoms with Crippen LogP contribution in [0.2, 0.25) is 0 Å². The lowest BCUT2D eigenvalue weighted by Gasteiger charge is -2.19. The summed E-state index contributed by atoms with van der Waals surface area (Å²) in [6.07, 6.45) is -4.51. The third-order valence-electron chi connectivity index (χ3n) is 2.58. The van der Waals surface area contributed by atoms with Gasteiger partial charge in [0.25, 0.3) is 5.91 Å². The zero-order chi connectivity index (χ0) is 13.9. The van der Waals surface area contributed by atoms with Gasteiger partial charge in [0.15, 0.2) is 0 Å². The van der Waals surface area contributed by atoms with E-state index in [-0.39, 0.29) is 11.3 Å². The van der Waals surface area contributed by atoms with E-state index < -0.39 is 17.6 Å². The highest BCUT2D eigenvalue weighted by molar-refractivity contribution is 5.95. The number of carbonyl (C=O) groups excluding carboxylic acids is 1. The van der Waals surface area contributed by atoms with Crippen molar-refractivity contribution in [3.63, 3.8) is 0 Å². The molecule has 0 radical (unpaired) electrons. The van der Waals surface area contributed by atoms with Gasteiger partial charge in [-0.3, -0.25) is 4.79 Å². The van der Waals surface area contributed by atoms with Gasteiger partial charge in [0.1, 0.15) is 0 Å². The zero-order valence-corrected chi connectivity index (χ0v) is 10.2. The van der Waals surface area contributed by atoms with Gasteiger partial charge < -0.3 is 10.6 Å². The second-order valence-electron chi connectivity index (χ2n) is 3.82. The van der Waals surface area contributed by atoms with E-state index in [2.05, 4.69) is 0 Å². The molecule has 0 saturated carbocycles. The molecule has 0 aliphatic carbocycles. The topological polar surface area (TPSA) is 46.3 Å². The molecule has 1 amide bonds. The first-order valence-electron chi connectivity index (χ1n) is 5.56. The lowest BCUT2D eigenvalue weighted by atomic mass is 10.1. The summed E-state index contributed by atoms with van der Waals surface area (Å²) in [5.41, 5.74) is 4.40. The minimum atomic E-state index is -4.51. The van der Waals surface area contributed by atoms with Crippen LogP contribution in [0.5, 0.6) is 0 Å². The number of carbonyl (C=O) groups is 1. The van der Waals surface area contributed by atoms with E-state index in [4.69, 9.17) is 5.73 Å². The smallest absolute Gasteiger partial charge is 0.399 e. The van der Waals surface area contributed by atoms with Crippen LogP contribution in [0.1, 0.15) is 29.8 Å². The van der Waals surface area contributed by atoms with E-state index >= 15 is 0 Å². The first kappa shape index (κ1) is 14.3. The average Bonchev–Trinajstić information content (AvgIpc) is 2.28. The number of hydrogen-bond donors (Lipinski definition) is 1. The average molecular weight is 260 g/mol. The van der Waals surface area contributed by atoms with Gasteiger partial charge in [-0.1, -0.05) is 0 Å². The molecule has 0 aromatic heterocycles. The summed E-state index contributed by atoms with van der Waals surface area (Å²) in [5, 5.41) is 0. The molecule has 0 atom stereocenters. The fourth-order valence-electron chi connectivity index (χ4n) is 1.63. The van der Waals surface area contributed by atoms with E-state index in [1.807, 2.05) is 0 Å². The van der Waals surface area contributed by atoms with E-state index in [0.717, 1.165) is 12.1 Å². The number of halogens is 3. The van der Waals surface area contributed by atoms with Crippen LogP contribution in [0.25, 0.3) is 0 Å². The van der Waals surface area contributed by atoms with Crippen LogP contribution in [-0.2, 0) is 6.18 Å². The number of rotatable bonds is 3. The number of benzene rings is 1. The number of alkyl halides is 3. The fourth-order valence-corrected chi connectivity index (χ4v) is 1.63. The minimum absolute atomic E-state index is 0.0361. The monoisotopic (exact) mass is 260 g/mol. The van der Waals surface area contributed by atoms with E-state index in [1.54, 1.807) is 13.8 Å². The quantitative estimate of drug-likeness (QED) is 0.849. The third kappa shape index (κ3) is 3.15. The molecule has 2 N–H and O–H groups in total. The van der Waals surface area contributed by atoms with Gasteiger partial charge in [-0.15, -0.1) is 0 Å². The number of anilines is 1. The molecule has 0 heterocycles. The van der Waals surface area contributed by atoms with Gasteiger partial charge in [-0.2, -0.15) is 13.2 Å². The second-order valence-corrected chi connectivity index (χ2v) is 3.82. The summed E-state index contributed by atoms with van der Waals surface area (Å²) in [7, 11) is 0. The Morgan fingerprint density at radius 3 is 2.22 bits per heavy atom.